The van der Waals surface area contributed by atoms with E-state index >= 15 is 0 Å². The average molecular weight is 265 g/mol. The minimum Gasteiger partial charge on any atom is -0.466 e. The summed E-state index contributed by atoms with van der Waals surface area (Å²) >= 11 is 5.83. The van der Waals surface area contributed by atoms with Gasteiger partial charge >= 0.3 is 12.6 Å². The predicted molar refractivity (Wildman–Crippen MR) is 58.4 cm³/mol. The normalized spacial score (nSPS) is 10.4. The van der Waals surface area contributed by atoms with Gasteiger partial charge in [0, 0.05) is 0 Å². The Hall–Kier alpha value is -1.36. The molecule has 0 atom stereocenters. The Morgan fingerprint density at radius 2 is 2.18 bits per heavy atom. The minimum atomic E-state index is -2.95. The van der Waals surface area contributed by atoms with E-state index in [0.29, 0.717) is 5.56 Å². The molecule has 0 saturated heterocycles. The monoisotopic (exact) mass is 264 g/mol. The van der Waals surface area contributed by atoms with Gasteiger partial charge in [-0.1, -0.05) is 23.7 Å². The number of ether oxygens (including phenoxy) is 2. The molecule has 1 aromatic rings. The summed E-state index contributed by atoms with van der Waals surface area (Å²) in [4.78, 5) is 11.2. The minimum absolute atomic E-state index is 0.000790. The summed E-state index contributed by atoms with van der Waals surface area (Å²) in [5.41, 5.74) is 0.392. The first-order chi connectivity index (χ1) is 8.04. The maximum atomic E-state index is 12.0. The van der Waals surface area contributed by atoms with E-state index in [1.807, 2.05) is 0 Å². The number of carbonyl (C=O) groups excluding carboxylic acids is 1. The first kappa shape index (κ1) is 13.7. The van der Waals surface area contributed by atoms with E-state index in [-0.39, 0.29) is 23.8 Å². The van der Waals surface area contributed by atoms with Crippen LogP contribution < -0.4 is 4.74 Å². The van der Waals surface area contributed by atoms with Crippen molar-refractivity contribution in [1.82, 2.24) is 0 Å². The van der Waals surface area contributed by atoms with Crippen molar-refractivity contribution >= 4 is 17.6 Å². The highest BCUT2D eigenvalue weighted by Crippen LogP contribution is 2.29. The van der Waals surface area contributed by atoms with Crippen molar-refractivity contribution in [3.05, 3.63) is 28.8 Å². The first-order valence-corrected chi connectivity index (χ1v) is 5.30. The zero-order valence-corrected chi connectivity index (χ0v) is 9.84. The van der Waals surface area contributed by atoms with Crippen molar-refractivity contribution in [2.24, 2.45) is 0 Å². The van der Waals surface area contributed by atoms with E-state index in [2.05, 4.69) is 4.74 Å². The molecule has 1 aromatic carbocycles. The van der Waals surface area contributed by atoms with Gasteiger partial charge in [0.2, 0.25) is 0 Å². The van der Waals surface area contributed by atoms with Crippen molar-refractivity contribution in [2.45, 2.75) is 20.0 Å². The molecule has 0 aromatic heterocycles. The number of halogens is 3. The molecule has 0 unspecified atom stereocenters. The fourth-order valence-corrected chi connectivity index (χ4v) is 1.48. The number of alkyl halides is 2. The van der Waals surface area contributed by atoms with Crippen LogP contribution >= 0.6 is 11.6 Å². The number of esters is 1. The van der Waals surface area contributed by atoms with Gasteiger partial charge in [-0.15, -0.1) is 0 Å². The molecular formula is C11H11ClF2O3. The third-order valence-corrected chi connectivity index (χ3v) is 2.33. The van der Waals surface area contributed by atoms with Crippen LogP contribution in [0.15, 0.2) is 18.2 Å². The molecule has 3 nitrogen and oxygen atoms in total. The van der Waals surface area contributed by atoms with E-state index in [9.17, 15) is 13.6 Å². The van der Waals surface area contributed by atoms with Crippen molar-refractivity contribution in [3.63, 3.8) is 0 Å². The molecule has 0 heterocycles. The lowest BCUT2D eigenvalue weighted by Gasteiger charge is -2.09. The maximum Gasteiger partial charge on any atom is 0.387 e. The topological polar surface area (TPSA) is 35.5 Å². The fourth-order valence-electron chi connectivity index (χ4n) is 1.25. The molecular weight excluding hydrogens is 254 g/mol. The molecule has 0 aliphatic carbocycles. The number of hydrogen-bond acceptors (Lipinski definition) is 3. The Morgan fingerprint density at radius 1 is 1.47 bits per heavy atom. The molecule has 0 fully saturated rings. The van der Waals surface area contributed by atoms with Crippen molar-refractivity contribution < 1.29 is 23.0 Å². The van der Waals surface area contributed by atoms with E-state index in [0.717, 1.165) is 0 Å². The number of benzene rings is 1. The van der Waals surface area contributed by atoms with Gasteiger partial charge in [0.05, 0.1) is 18.1 Å². The molecule has 1 rings (SSSR count). The van der Waals surface area contributed by atoms with Crippen LogP contribution in [0, 0.1) is 0 Å². The van der Waals surface area contributed by atoms with Gasteiger partial charge in [0.25, 0.3) is 0 Å². The molecule has 0 N–H and O–H groups in total. The molecule has 0 amide bonds. The van der Waals surface area contributed by atoms with Crippen molar-refractivity contribution in [2.75, 3.05) is 6.61 Å². The van der Waals surface area contributed by atoms with Crippen LogP contribution in [0.1, 0.15) is 12.5 Å². The van der Waals surface area contributed by atoms with Crippen LogP contribution in [0.25, 0.3) is 0 Å². The second-order valence-electron chi connectivity index (χ2n) is 3.09. The Kier molecular flexibility index (Phi) is 5.15. The molecule has 0 aliphatic heterocycles. The van der Waals surface area contributed by atoms with Crippen LogP contribution in [0.4, 0.5) is 8.78 Å². The smallest absolute Gasteiger partial charge is 0.387 e. The Morgan fingerprint density at radius 3 is 2.76 bits per heavy atom. The lowest BCUT2D eigenvalue weighted by Crippen LogP contribution is -2.09. The summed E-state index contributed by atoms with van der Waals surface area (Å²) in [7, 11) is 0. The third-order valence-electron chi connectivity index (χ3n) is 1.90. The van der Waals surface area contributed by atoms with Gasteiger partial charge in [-0.2, -0.15) is 8.78 Å². The molecule has 0 spiro atoms. The van der Waals surface area contributed by atoms with Gasteiger partial charge in [-0.05, 0) is 18.6 Å². The number of hydrogen-bond donors (Lipinski definition) is 0. The highest BCUT2D eigenvalue weighted by Gasteiger charge is 2.14. The van der Waals surface area contributed by atoms with Gasteiger partial charge in [-0.25, -0.2) is 0 Å². The summed E-state index contributed by atoms with van der Waals surface area (Å²) < 4.78 is 33.0. The summed E-state index contributed by atoms with van der Waals surface area (Å²) in [6.07, 6.45) is -0.0763. The van der Waals surface area contributed by atoms with Gasteiger partial charge < -0.3 is 9.47 Å². The second kappa shape index (κ2) is 6.39. The highest BCUT2D eigenvalue weighted by molar-refractivity contribution is 6.33. The molecule has 6 heteroatoms. The summed E-state index contributed by atoms with van der Waals surface area (Å²) in [6, 6.07) is 4.35. The van der Waals surface area contributed by atoms with Crippen LogP contribution in [-0.2, 0) is 16.0 Å². The van der Waals surface area contributed by atoms with Crippen LogP contribution in [0.5, 0.6) is 5.75 Å². The van der Waals surface area contributed by atoms with Crippen molar-refractivity contribution in [1.29, 1.82) is 0 Å². The molecule has 0 bridgehead atoms. The molecule has 0 aliphatic rings. The lowest BCUT2D eigenvalue weighted by atomic mass is 10.1. The average Bonchev–Trinajstić information content (AvgIpc) is 2.23. The van der Waals surface area contributed by atoms with E-state index < -0.39 is 12.6 Å². The maximum absolute atomic E-state index is 12.0. The van der Waals surface area contributed by atoms with Crippen LogP contribution in [-0.4, -0.2) is 19.2 Å². The van der Waals surface area contributed by atoms with Crippen LogP contribution in [0.3, 0.4) is 0 Å². The summed E-state index contributed by atoms with van der Waals surface area (Å²) in [5, 5.41) is 0.000790. The molecule has 17 heavy (non-hydrogen) atoms. The Labute approximate surface area is 102 Å². The second-order valence-corrected chi connectivity index (χ2v) is 3.47. The van der Waals surface area contributed by atoms with E-state index in [4.69, 9.17) is 16.3 Å². The Balaban J connectivity index is 2.82. The summed E-state index contributed by atoms with van der Waals surface area (Å²) in [5.74, 6) is -0.618. The van der Waals surface area contributed by atoms with E-state index in [1.165, 1.54) is 12.1 Å². The first-order valence-electron chi connectivity index (χ1n) is 4.92. The summed E-state index contributed by atoms with van der Waals surface area (Å²) in [6.45, 7) is -1.02. The molecule has 0 radical (unpaired) electrons. The zero-order valence-electron chi connectivity index (χ0n) is 9.08. The van der Waals surface area contributed by atoms with E-state index in [1.54, 1.807) is 13.0 Å². The van der Waals surface area contributed by atoms with Gasteiger partial charge in [0.15, 0.2) is 0 Å². The third kappa shape index (κ3) is 4.19. The SMILES string of the molecule is CCOC(=O)Cc1cccc(OC(F)F)c1Cl. The molecule has 94 valence electrons. The van der Waals surface area contributed by atoms with Crippen LogP contribution in [0.2, 0.25) is 5.02 Å². The zero-order chi connectivity index (χ0) is 12.8. The standard InChI is InChI=1S/C11H11ClF2O3/c1-2-16-9(15)6-7-4-3-5-8(10(7)12)17-11(13)14/h3-5,11H,2,6H2,1H3. The molecule has 0 saturated carbocycles. The van der Waals surface area contributed by atoms with Crippen molar-refractivity contribution in [3.8, 4) is 5.75 Å². The quantitative estimate of drug-likeness (QED) is 0.767. The highest BCUT2D eigenvalue weighted by atomic mass is 35.5. The number of rotatable bonds is 5. The fraction of sp³-hybridized carbons (Fsp3) is 0.364. The Bertz CT molecular complexity index is 396. The van der Waals surface area contributed by atoms with Gasteiger partial charge in [-0.3, -0.25) is 4.79 Å². The predicted octanol–water partition coefficient (Wildman–Crippen LogP) is 3.05. The lowest BCUT2D eigenvalue weighted by molar-refractivity contribution is -0.142. The largest absolute Gasteiger partial charge is 0.466 e. The van der Waals surface area contributed by atoms with Gasteiger partial charge in [0.1, 0.15) is 5.75 Å². The number of carbonyl (C=O) groups is 1.